The molecule has 1 fully saturated rings. The van der Waals surface area contributed by atoms with Crippen LogP contribution in [0.4, 0.5) is 0 Å². The Morgan fingerprint density at radius 1 is 0.829 bits per heavy atom. The summed E-state index contributed by atoms with van der Waals surface area (Å²) in [5, 5.41) is 1.91. The highest BCUT2D eigenvalue weighted by molar-refractivity contribution is 7.89. The maximum Gasteiger partial charge on any atom is 0.253 e. The summed E-state index contributed by atoms with van der Waals surface area (Å²) >= 11 is 0. The minimum absolute atomic E-state index is 0.0520. The third kappa shape index (κ3) is 5.58. The lowest BCUT2D eigenvalue weighted by Gasteiger charge is -2.34. The van der Waals surface area contributed by atoms with Crippen molar-refractivity contribution in [3.63, 3.8) is 0 Å². The van der Waals surface area contributed by atoms with Crippen molar-refractivity contribution >= 4 is 26.7 Å². The zero-order valence-corrected chi connectivity index (χ0v) is 21.8. The molecule has 1 heterocycles. The highest BCUT2D eigenvalue weighted by atomic mass is 32.2. The molecule has 0 aromatic heterocycles. The number of hydrogen-bond acceptors (Lipinski definition) is 4. The molecule has 0 atom stereocenters. The molecule has 1 saturated heterocycles. The predicted octanol–water partition coefficient (Wildman–Crippen LogP) is 4.61. The number of piperazine rings is 1. The fourth-order valence-corrected chi connectivity index (χ4v) is 6.17. The van der Waals surface area contributed by atoms with E-state index in [1.165, 1.54) is 9.87 Å². The fourth-order valence-electron chi connectivity index (χ4n) is 4.72. The van der Waals surface area contributed by atoms with E-state index in [0.717, 1.165) is 17.3 Å². The summed E-state index contributed by atoms with van der Waals surface area (Å²) in [7, 11) is -3.61. The second-order valence-corrected chi connectivity index (χ2v) is 11.7. The molecule has 0 bridgehead atoms. The van der Waals surface area contributed by atoms with E-state index in [-0.39, 0.29) is 19.0 Å². The Labute approximate surface area is 209 Å². The highest BCUT2D eigenvalue weighted by Crippen LogP contribution is 2.23. The number of carbonyl (C=O) groups is 1. The van der Waals surface area contributed by atoms with Gasteiger partial charge in [0.2, 0.25) is 10.0 Å². The van der Waals surface area contributed by atoms with Gasteiger partial charge in [-0.2, -0.15) is 4.31 Å². The second-order valence-electron chi connectivity index (χ2n) is 9.76. The van der Waals surface area contributed by atoms with E-state index in [2.05, 4.69) is 32.6 Å². The van der Waals surface area contributed by atoms with Gasteiger partial charge in [0, 0.05) is 50.4 Å². The Morgan fingerprint density at radius 2 is 1.43 bits per heavy atom. The van der Waals surface area contributed by atoms with Gasteiger partial charge in [-0.25, -0.2) is 8.42 Å². The molecule has 0 aliphatic carbocycles. The lowest BCUT2D eigenvalue weighted by molar-refractivity contribution is 0.0698. The summed E-state index contributed by atoms with van der Waals surface area (Å²) in [6.07, 6.45) is 0. The smallest absolute Gasteiger partial charge is 0.253 e. The first-order valence-corrected chi connectivity index (χ1v) is 13.7. The number of benzene rings is 3. The van der Waals surface area contributed by atoms with Crippen molar-refractivity contribution in [3.8, 4) is 0 Å². The molecule has 0 N–H and O–H groups in total. The number of rotatable bonds is 7. The average Bonchev–Trinajstić information content (AvgIpc) is 2.86. The average molecular weight is 494 g/mol. The van der Waals surface area contributed by atoms with Crippen molar-refractivity contribution < 1.29 is 13.2 Å². The molecule has 0 saturated carbocycles. The van der Waals surface area contributed by atoms with Crippen molar-refractivity contribution in [3.05, 3.63) is 77.9 Å². The van der Waals surface area contributed by atoms with Crippen LogP contribution in [0.3, 0.4) is 0 Å². The van der Waals surface area contributed by atoms with E-state index in [1.54, 1.807) is 17.0 Å². The maximum atomic E-state index is 13.2. The van der Waals surface area contributed by atoms with Crippen molar-refractivity contribution in [2.45, 2.75) is 51.2 Å². The van der Waals surface area contributed by atoms with Gasteiger partial charge in [-0.05, 0) is 68.3 Å². The van der Waals surface area contributed by atoms with Gasteiger partial charge in [-0.15, -0.1) is 0 Å². The van der Waals surface area contributed by atoms with Crippen molar-refractivity contribution in [1.29, 1.82) is 0 Å². The van der Waals surface area contributed by atoms with Crippen molar-refractivity contribution in [2.24, 2.45) is 0 Å². The van der Waals surface area contributed by atoms with Crippen LogP contribution >= 0.6 is 0 Å². The zero-order chi connectivity index (χ0) is 25.2. The van der Waals surface area contributed by atoms with E-state index in [1.807, 2.05) is 54.6 Å². The van der Waals surface area contributed by atoms with E-state index >= 15 is 0 Å². The maximum absolute atomic E-state index is 13.2. The molecule has 186 valence electrons. The van der Waals surface area contributed by atoms with Crippen LogP contribution in [0.5, 0.6) is 0 Å². The van der Waals surface area contributed by atoms with Crippen LogP contribution in [0, 0.1) is 0 Å². The summed E-state index contributed by atoms with van der Waals surface area (Å²) in [5.41, 5.74) is 1.82. The molecule has 3 aromatic rings. The number of carbonyl (C=O) groups excluding carboxylic acids is 1. The molecule has 4 rings (SSSR count). The molecule has 1 aliphatic rings. The molecular formula is C28H35N3O3S. The molecule has 7 heteroatoms. The van der Waals surface area contributed by atoms with Crippen LogP contribution in [0.1, 0.15) is 43.6 Å². The number of hydrogen-bond donors (Lipinski definition) is 0. The first-order chi connectivity index (χ1) is 16.7. The normalized spacial score (nSPS) is 15.5. The molecular weight excluding hydrogens is 458 g/mol. The topological polar surface area (TPSA) is 60.9 Å². The Balaban J connectivity index is 1.39. The van der Waals surface area contributed by atoms with Gasteiger partial charge < -0.3 is 4.90 Å². The monoisotopic (exact) mass is 493 g/mol. The van der Waals surface area contributed by atoms with Crippen LogP contribution in [0.15, 0.2) is 71.6 Å². The first-order valence-electron chi connectivity index (χ1n) is 12.3. The molecule has 1 aliphatic heterocycles. The number of sulfonamides is 1. The van der Waals surface area contributed by atoms with E-state index in [0.29, 0.717) is 35.6 Å². The minimum atomic E-state index is -3.61. The van der Waals surface area contributed by atoms with Crippen LogP contribution in [-0.4, -0.2) is 66.7 Å². The standard InChI is InChI=1S/C28H35N3O3S/c1-21(2)31(22(3)4)20-23-9-11-25(12-10-23)28(32)29-15-17-30(18-16-29)35(33,34)27-14-13-24-7-5-6-8-26(24)19-27/h5-14,19,21-22H,15-18,20H2,1-4H3. The highest BCUT2D eigenvalue weighted by Gasteiger charge is 2.30. The molecule has 0 spiro atoms. The van der Waals surface area contributed by atoms with E-state index in [4.69, 9.17) is 0 Å². The Morgan fingerprint density at radius 3 is 2.03 bits per heavy atom. The molecule has 0 radical (unpaired) electrons. The molecule has 1 amide bonds. The third-order valence-electron chi connectivity index (χ3n) is 6.78. The van der Waals surface area contributed by atoms with E-state index < -0.39 is 10.0 Å². The lowest BCUT2D eigenvalue weighted by atomic mass is 10.1. The van der Waals surface area contributed by atoms with Crippen LogP contribution in [0.25, 0.3) is 10.8 Å². The fraction of sp³-hybridized carbons (Fsp3) is 0.393. The second kappa shape index (κ2) is 10.5. The van der Waals surface area contributed by atoms with Gasteiger partial charge >= 0.3 is 0 Å². The van der Waals surface area contributed by atoms with Gasteiger partial charge in [-0.3, -0.25) is 9.69 Å². The Kier molecular flexibility index (Phi) is 7.59. The largest absolute Gasteiger partial charge is 0.336 e. The van der Waals surface area contributed by atoms with Gasteiger partial charge in [0.1, 0.15) is 0 Å². The van der Waals surface area contributed by atoms with Gasteiger partial charge in [0.05, 0.1) is 4.90 Å². The zero-order valence-electron chi connectivity index (χ0n) is 21.0. The molecule has 6 nitrogen and oxygen atoms in total. The van der Waals surface area contributed by atoms with E-state index in [9.17, 15) is 13.2 Å². The summed E-state index contributed by atoms with van der Waals surface area (Å²) in [6, 6.07) is 21.6. The van der Waals surface area contributed by atoms with Crippen molar-refractivity contribution in [1.82, 2.24) is 14.1 Å². The quantitative estimate of drug-likeness (QED) is 0.482. The van der Waals surface area contributed by atoms with Crippen molar-refractivity contribution in [2.75, 3.05) is 26.2 Å². The first kappa shape index (κ1) is 25.4. The summed E-state index contributed by atoms with van der Waals surface area (Å²) in [5.74, 6) is -0.0520. The molecule has 35 heavy (non-hydrogen) atoms. The summed E-state index contributed by atoms with van der Waals surface area (Å²) in [4.78, 5) is 17.5. The molecule has 0 unspecified atom stereocenters. The Hall–Kier alpha value is -2.74. The summed E-state index contributed by atoms with van der Waals surface area (Å²) < 4.78 is 27.9. The van der Waals surface area contributed by atoms with Gasteiger partial charge in [0.15, 0.2) is 0 Å². The van der Waals surface area contributed by atoms with Crippen LogP contribution in [-0.2, 0) is 16.6 Å². The SMILES string of the molecule is CC(C)N(Cc1ccc(C(=O)N2CCN(S(=O)(=O)c3ccc4ccccc4c3)CC2)cc1)C(C)C. The van der Waals surface area contributed by atoms with Gasteiger partial charge in [0.25, 0.3) is 5.91 Å². The van der Waals surface area contributed by atoms with Crippen LogP contribution < -0.4 is 0 Å². The number of amides is 1. The predicted molar refractivity (Wildman–Crippen MR) is 141 cm³/mol. The molecule has 3 aromatic carbocycles. The summed E-state index contributed by atoms with van der Waals surface area (Å²) in [6.45, 7) is 10.9. The Bertz CT molecular complexity index is 1270. The van der Waals surface area contributed by atoms with Gasteiger partial charge in [-0.1, -0.05) is 42.5 Å². The minimum Gasteiger partial charge on any atom is -0.336 e. The third-order valence-corrected chi connectivity index (χ3v) is 8.67. The number of fused-ring (bicyclic) bond motifs is 1. The number of nitrogens with zero attached hydrogens (tertiary/aromatic N) is 3. The lowest BCUT2D eigenvalue weighted by Crippen LogP contribution is -2.50. The van der Waals surface area contributed by atoms with Crippen LogP contribution in [0.2, 0.25) is 0 Å².